The molecule has 2 aromatic carbocycles. The molecule has 0 aliphatic carbocycles. The van der Waals surface area contributed by atoms with Gasteiger partial charge < -0.3 is 4.90 Å². The third-order valence-electron chi connectivity index (χ3n) is 4.80. The summed E-state index contributed by atoms with van der Waals surface area (Å²) >= 11 is 0. The Labute approximate surface area is 164 Å². The maximum absolute atomic E-state index is 13.1. The van der Waals surface area contributed by atoms with Crippen molar-refractivity contribution in [2.75, 3.05) is 11.9 Å². The summed E-state index contributed by atoms with van der Waals surface area (Å²) < 4.78 is 53.2. The van der Waals surface area contributed by atoms with Gasteiger partial charge in [-0.15, -0.1) is 0 Å². The first-order valence-electron chi connectivity index (χ1n) is 8.92. The maximum atomic E-state index is 13.1. The van der Waals surface area contributed by atoms with Crippen LogP contribution in [0.25, 0.3) is 16.6 Å². The smallest absolute Gasteiger partial charge is 0.370 e. The van der Waals surface area contributed by atoms with Gasteiger partial charge in [0, 0.05) is 31.0 Å². The molecule has 7 heteroatoms. The first-order valence-corrected chi connectivity index (χ1v) is 8.92. The van der Waals surface area contributed by atoms with E-state index >= 15 is 0 Å². The average molecular weight is 399 g/mol. The lowest BCUT2D eigenvalue weighted by atomic mass is 10.0. The highest BCUT2D eigenvalue weighted by Gasteiger charge is 2.30. The van der Waals surface area contributed by atoms with E-state index in [9.17, 15) is 17.6 Å². The lowest BCUT2D eigenvalue weighted by molar-refractivity contribution is -0.137. The fourth-order valence-corrected chi connectivity index (χ4v) is 3.24. The molecule has 4 rings (SSSR count). The summed E-state index contributed by atoms with van der Waals surface area (Å²) in [7, 11) is 1.91. The van der Waals surface area contributed by atoms with Crippen molar-refractivity contribution in [1.82, 2.24) is 9.61 Å². The number of anilines is 1. The standard InChI is InChI=1S/C22H17F4N3/c1-28(19-8-6-18(23)7-9-19)14-15-10-11-29-21(12-15)20(13-27-29)16-2-4-17(5-3-16)22(24,25)26/h2-13H,14H2,1H3. The van der Waals surface area contributed by atoms with E-state index in [1.54, 1.807) is 22.8 Å². The van der Waals surface area contributed by atoms with Crippen molar-refractivity contribution in [2.45, 2.75) is 12.7 Å². The number of alkyl halides is 3. The van der Waals surface area contributed by atoms with Crippen molar-refractivity contribution in [3.05, 3.63) is 90.0 Å². The van der Waals surface area contributed by atoms with Crippen LogP contribution in [-0.4, -0.2) is 16.7 Å². The minimum atomic E-state index is -4.36. The molecule has 0 saturated heterocycles. The average Bonchev–Trinajstić information content (AvgIpc) is 3.11. The highest BCUT2D eigenvalue weighted by Crippen LogP contribution is 2.32. The molecule has 4 aromatic rings. The number of benzene rings is 2. The normalized spacial score (nSPS) is 11.8. The van der Waals surface area contributed by atoms with Crippen LogP contribution in [0.5, 0.6) is 0 Å². The van der Waals surface area contributed by atoms with Crippen molar-refractivity contribution < 1.29 is 17.6 Å². The molecule has 0 amide bonds. The second-order valence-electron chi connectivity index (χ2n) is 6.83. The van der Waals surface area contributed by atoms with Crippen LogP contribution in [0.1, 0.15) is 11.1 Å². The number of nitrogens with zero attached hydrogens (tertiary/aromatic N) is 3. The number of fused-ring (bicyclic) bond motifs is 1. The van der Waals surface area contributed by atoms with E-state index in [1.807, 2.05) is 30.3 Å². The van der Waals surface area contributed by atoms with Crippen LogP contribution >= 0.6 is 0 Å². The molecule has 29 heavy (non-hydrogen) atoms. The van der Waals surface area contributed by atoms with Gasteiger partial charge in [0.15, 0.2) is 0 Å². The van der Waals surface area contributed by atoms with Gasteiger partial charge in [0.25, 0.3) is 0 Å². The Morgan fingerprint density at radius 2 is 1.66 bits per heavy atom. The van der Waals surface area contributed by atoms with E-state index in [0.29, 0.717) is 12.1 Å². The van der Waals surface area contributed by atoms with Gasteiger partial charge in [0.1, 0.15) is 5.82 Å². The van der Waals surface area contributed by atoms with Crippen molar-refractivity contribution in [3.8, 4) is 11.1 Å². The Kier molecular flexibility index (Phi) is 4.74. The third kappa shape index (κ3) is 3.94. The number of hydrogen-bond acceptors (Lipinski definition) is 2. The number of hydrogen-bond donors (Lipinski definition) is 0. The molecule has 0 aliphatic heterocycles. The number of rotatable bonds is 4. The zero-order valence-electron chi connectivity index (χ0n) is 15.5. The van der Waals surface area contributed by atoms with Crippen molar-refractivity contribution in [3.63, 3.8) is 0 Å². The lowest BCUT2D eigenvalue weighted by Gasteiger charge is -2.19. The summed E-state index contributed by atoms with van der Waals surface area (Å²) in [5, 5.41) is 4.29. The summed E-state index contributed by atoms with van der Waals surface area (Å²) in [4.78, 5) is 1.99. The SMILES string of the molecule is CN(Cc1ccn2ncc(-c3ccc(C(F)(F)F)cc3)c2c1)c1ccc(F)cc1. The van der Waals surface area contributed by atoms with E-state index in [-0.39, 0.29) is 5.82 Å². The topological polar surface area (TPSA) is 20.5 Å². The quantitative estimate of drug-likeness (QED) is 0.405. The second kappa shape index (κ2) is 7.24. The molecular formula is C22H17F4N3. The highest BCUT2D eigenvalue weighted by atomic mass is 19.4. The van der Waals surface area contributed by atoms with Crippen LogP contribution in [0.4, 0.5) is 23.2 Å². The zero-order chi connectivity index (χ0) is 20.6. The van der Waals surface area contributed by atoms with Crippen molar-refractivity contribution >= 4 is 11.2 Å². The fourth-order valence-electron chi connectivity index (χ4n) is 3.24. The van der Waals surface area contributed by atoms with Crippen LogP contribution in [0.2, 0.25) is 0 Å². The van der Waals surface area contributed by atoms with E-state index < -0.39 is 11.7 Å². The van der Waals surface area contributed by atoms with Crippen molar-refractivity contribution in [1.29, 1.82) is 0 Å². The van der Waals surface area contributed by atoms with Crippen molar-refractivity contribution in [2.24, 2.45) is 0 Å². The highest BCUT2D eigenvalue weighted by molar-refractivity contribution is 5.80. The molecule has 0 unspecified atom stereocenters. The molecule has 0 radical (unpaired) electrons. The summed E-state index contributed by atoms with van der Waals surface area (Å²) in [6.45, 7) is 0.583. The van der Waals surface area contributed by atoms with Crippen LogP contribution in [0, 0.1) is 5.82 Å². The van der Waals surface area contributed by atoms with Gasteiger partial charge in [-0.3, -0.25) is 0 Å². The molecule has 0 aliphatic rings. The Hall–Kier alpha value is -3.35. The van der Waals surface area contributed by atoms with Crippen LogP contribution < -0.4 is 4.90 Å². The monoisotopic (exact) mass is 399 g/mol. The molecule has 2 heterocycles. The zero-order valence-corrected chi connectivity index (χ0v) is 15.5. The van der Waals surface area contributed by atoms with E-state index in [0.717, 1.165) is 34.5 Å². The van der Waals surface area contributed by atoms with Gasteiger partial charge in [-0.25, -0.2) is 8.91 Å². The molecule has 0 fully saturated rings. The third-order valence-corrected chi connectivity index (χ3v) is 4.80. The Morgan fingerprint density at radius 3 is 2.31 bits per heavy atom. The first-order chi connectivity index (χ1) is 13.8. The number of aromatic nitrogens is 2. The molecular weight excluding hydrogens is 382 g/mol. The molecule has 2 aromatic heterocycles. The van der Waals surface area contributed by atoms with Crippen LogP contribution in [-0.2, 0) is 12.7 Å². The van der Waals surface area contributed by atoms with E-state index in [4.69, 9.17) is 0 Å². The molecule has 3 nitrogen and oxygen atoms in total. The molecule has 0 bridgehead atoms. The summed E-state index contributed by atoms with van der Waals surface area (Å²) in [6.07, 6.45) is -0.903. The minimum Gasteiger partial charge on any atom is -0.370 e. The molecule has 0 spiro atoms. The molecule has 0 saturated carbocycles. The van der Waals surface area contributed by atoms with Gasteiger partial charge in [0.2, 0.25) is 0 Å². The second-order valence-corrected chi connectivity index (χ2v) is 6.83. The van der Waals surface area contributed by atoms with E-state index in [1.165, 1.54) is 24.3 Å². The van der Waals surface area contributed by atoms with E-state index in [2.05, 4.69) is 5.10 Å². The summed E-state index contributed by atoms with van der Waals surface area (Å²) in [5.74, 6) is -0.288. The maximum Gasteiger partial charge on any atom is 0.416 e. The molecule has 148 valence electrons. The largest absolute Gasteiger partial charge is 0.416 e. The van der Waals surface area contributed by atoms with Gasteiger partial charge in [-0.05, 0) is 59.7 Å². The Bertz CT molecular complexity index is 1130. The van der Waals surface area contributed by atoms with Gasteiger partial charge in [0.05, 0.1) is 17.3 Å². The first kappa shape index (κ1) is 19.0. The number of pyridine rings is 1. The summed E-state index contributed by atoms with van der Waals surface area (Å²) in [5.41, 5.74) is 3.41. The van der Waals surface area contributed by atoms with Gasteiger partial charge >= 0.3 is 6.18 Å². The fraction of sp³-hybridized carbons (Fsp3) is 0.136. The molecule has 0 N–H and O–H groups in total. The van der Waals surface area contributed by atoms with Gasteiger partial charge in [-0.1, -0.05) is 12.1 Å². The predicted molar refractivity (Wildman–Crippen MR) is 104 cm³/mol. The van der Waals surface area contributed by atoms with Gasteiger partial charge in [-0.2, -0.15) is 18.3 Å². The Balaban J connectivity index is 1.63. The predicted octanol–water partition coefficient (Wildman–Crippen LogP) is 5.80. The van der Waals surface area contributed by atoms with Crippen LogP contribution in [0.3, 0.4) is 0 Å². The Morgan fingerprint density at radius 1 is 0.966 bits per heavy atom. The molecule has 0 atom stereocenters. The lowest BCUT2D eigenvalue weighted by Crippen LogP contribution is -2.16. The summed E-state index contributed by atoms with van der Waals surface area (Å²) in [6, 6.07) is 15.2. The number of halogens is 4. The van der Waals surface area contributed by atoms with Crippen LogP contribution in [0.15, 0.2) is 73.1 Å². The minimum absolute atomic E-state index is 0.288.